The second kappa shape index (κ2) is 4.66. The third kappa shape index (κ3) is 2.66. The second-order valence-electron chi connectivity index (χ2n) is 5.97. The van der Waals surface area contributed by atoms with Crippen LogP contribution >= 0.6 is 15.9 Å². The molecule has 4 heteroatoms. The van der Waals surface area contributed by atoms with E-state index in [2.05, 4.69) is 68.7 Å². The minimum absolute atomic E-state index is 0.157. The van der Waals surface area contributed by atoms with Crippen molar-refractivity contribution >= 4 is 23.0 Å². The molecular weight excluding hydrogens is 291 g/mol. The Bertz CT molecular complexity index is 441. The molecular formula is C14H20BBrO2. The van der Waals surface area contributed by atoms with Crippen LogP contribution in [0.25, 0.3) is 0 Å². The fourth-order valence-corrected chi connectivity index (χ4v) is 2.32. The minimum Gasteiger partial charge on any atom is -0.403 e. The predicted molar refractivity (Wildman–Crippen MR) is 78.7 cm³/mol. The van der Waals surface area contributed by atoms with Gasteiger partial charge in [0.15, 0.2) is 0 Å². The van der Waals surface area contributed by atoms with E-state index in [1.807, 2.05) is 0 Å². The summed E-state index contributed by atoms with van der Waals surface area (Å²) in [6, 6.07) is 6.37. The topological polar surface area (TPSA) is 18.5 Å². The third-order valence-corrected chi connectivity index (χ3v) is 4.82. The monoisotopic (exact) mass is 310 g/mol. The molecule has 0 amide bonds. The van der Waals surface area contributed by atoms with Crippen molar-refractivity contribution in [2.75, 3.05) is 0 Å². The van der Waals surface area contributed by atoms with Gasteiger partial charge in [0, 0.05) is 10.8 Å². The van der Waals surface area contributed by atoms with Gasteiger partial charge in [0.2, 0.25) is 0 Å². The molecule has 0 atom stereocenters. The van der Waals surface area contributed by atoms with Crippen LogP contribution in [0.4, 0.5) is 0 Å². The van der Waals surface area contributed by atoms with Gasteiger partial charge in [-0.1, -0.05) is 28.1 Å². The van der Waals surface area contributed by atoms with Crippen molar-refractivity contribution in [3.05, 3.63) is 33.8 Å². The summed E-state index contributed by atoms with van der Waals surface area (Å²) in [5.41, 5.74) is 1.99. The Kier molecular flexibility index (Phi) is 3.65. The van der Waals surface area contributed by atoms with Gasteiger partial charge in [-0.15, -0.1) is 0 Å². The lowest BCUT2D eigenvalue weighted by Crippen LogP contribution is -2.41. The summed E-state index contributed by atoms with van der Waals surface area (Å²) in [7, 11) is -0.157. The van der Waals surface area contributed by atoms with Gasteiger partial charge in [0.1, 0.15) is 0 Å². The molecule has 1 heterocycles. The molecule has 1 aliphatic heterocycles. The smallest absolute Gasteiger partial charge is 0.403 e. The number of aryl methyl sites for hydroxylation is 1. The number of benzene rings is 1. The van der Waals surface area contributed by atoms with Gasteiger partial charge in [-0.3, -0.25) is 0 Å². The van der Waals surface area contributed by atoms with E-state index in [1.54, 1.807) is 0 Å². The van der Waals surface area contributed by atoms with Gasteiger partial charge in [-0.25, -0.2) is 0 Å². The molecule has 1 aliphatic rings. The molecule has 98 valence electrons. The molecule has 0 aliphatic carbocycles. The third-order valence-electron chi connectivity index (χ3n) is 3.93. The van der Waals surface area contributed by atoms with Crippen LogP contribution in [0.1, 0.15) is 38.8 Å². The van der Waals surface area contributed by atoms with E-state index in [1.165, 1.54) is 11.1 Å². The van der Waals surface area contributed by atoms with Gasteiger partial charge >= 0.3 is 7.12 Å². The van der Waals surface area contributed by atoms with Crippen molar-refractivity contribution in [2.24, 2.45) is 0 Å². The van der Waals surface area contributed by atoms with E-state index in [0.29, 0.717) is 0 Å². The van der Waals surface area contributed by atoms with Crippen molar-refractivity contribution in [1.82, 2.24) is 0 Å². The highest BCUT2D eigenvalue weighted by atomic mass is 79.9. The van der Waals surface area contributed by atoms with Crippen LogP contribution in [-0.4, -0.2) is 18.3 Å². The zero-order valence-corrected chi connectivity index (χ0v) is 13.3. The van der Waals surface area contributed by atoms with Crippen LogP contribution < -0.4 is 0 Å². The molecule has 0 spiro atoms. The molecule has 0 unspecified atom stereocenters. The van der Waals surface area contributed by atoms with Crippen LogP contribution in [0.2, 0.25) is 0 Å². The molecule has 1 saturated heterocycles. The van der Waals surface area contributed by atoms with E-state index in [0.717, 1.165) is 10.8 Å². The summed E-state index contributed by atoms with van der Waals surface area (Å²) < 4.78 is 13.1. The summed E-state index contributed by atoms with van der Waals surface area (Å²) in [6.45, 7) is 10.4. The first kappa shape index (κ1) is 14.1. The Morgan fingerprint density at radius 2 is 1.67 bits per heavy atom. The van der Waals surface area contributed by atoms with Gasteiger partial charge in [0.05, 0.1) is 11.2 Å². The van der Waals surface area contributed by atoms with Crippen molar-refractivity contribution < 1.29 is 9.31 Å². The van der Waals surface area contributed by atoms with Crippen molar-refractivity contribution in [3.8, 4) is 0 Å². The largest absolute Gasteiger partial charge is 0.462 e. The first-order valence-electron chi connectivity index (χ1n) is 6.32. The highest BCUT2D eigenvalue weighted by molar-refractivity contribution is 9.10. The van der Waals surface area contributed by atoms with Crippen molar-refractivity contribution in [3.63, 3.8) is 0 Å². The number of hydrogen-bond acceptors (Lipinski definition) is 2. The molecule has 0 saturated carbocycles. The number of hydrogen-bond donors (Lipinski definition) is 0. The molecule has 1 aromatic rings. The Morgan fingerprint density at radius 3 is 2.17 bits per heavy atom. The molecule has 2 rings (SSSR count). The minimum atomic E-state index is -0.248. The molecule has 0 radical (unpaired) electrons. The van der Waals surface area contributed by atoms with Gasteiger partial charge in [-0.2, -0.15) is 0 Å². The molecule has 1 aromatic carbocycles. The lowest BCUT2D eigenvalue weighted by Gasteiger charge is -2.32. The zero-order valence-electron chi connectivity index (χ0n) is 11.7. The second-order valence-corrected chi connectivity index (χ2v) is 6.83. The molecule has 2 nitrogen and oxygen atoms in total. The average molecular weight is 311 g/mol. The molecule has 1 fully saturated rings. The lowest BCUT2D eigenvalue weighted by atomic mass is 9.80. The van der Waals surface area contributed by atoms with Gasteiger partial charge in [0.25, 0.3) is 0 Å². The highest BCUT2D eigenvalue weighted by Crippen LogP contribution is 2.37. The maximum absolute atomic E-state index is 6.00. The molecule has 0 aromatic heterocycles. The van der Waals surface area contributed by atoms with Crippen LogP contribution in [0.3, 0.4) is 0 Å². The van der Waals surface area contributed by atoms with Crippen molar-refractivity contribution in [2.45, 2.75) is 52.1 Å². The predicted octanol–water partition coefficient (Wildman–Crippen LogP) is 3.93. The van der Waals surface area contributed by atoms with Crippen LogP contribution in [0, 0.1) is 6.92 Å². The first-order chi connectivity index (χ1) is 8.21. The SMILES string of the molecule is Cc1cc(CB2OC(C)(C)C(C)(C)O2)ccc1Br. The Balaban J connectivity index is 2.10. The maximum Gasteiger partial charge on any atom is 0.462 e. The average Bonchev–Trinajstić information content (AvgIpc) is 2.41. The summed E-state index contributed by atoms with van der Waals surface area (Å²) >= 11 is 3.52. The highest BCUT2D eigenvalue weighted by Gasteiger charge is 2.50. The standard InChI is InChI=1S/C14H20BBrO2/c1-10-8-11(6-7-12(10)16)9-15-17-13(2,3)14(4,5)18-15/h6-8H,9H2,1-5H3. The normalized spacial score (nSPS) is 21.3. The maximum atomic E-state index is 6.00. The number of rotatable bonds is 2. The van der Waals surface area contributed by atoms with E-state index in [9.17, 15) is 0 Å². The van der Waals surface area contributed by atoms with E-state index >= 15 is 0 Å². The summed E-state index contributed by atoms with van der Waals surface area (Å²) in [5, 5.41) is 0. The summed E-state index contributed by atoms with van der Waals surface area (Å²) in [4.78, 5) is 0. The number of halogens is 1. The first-order valence-corrected chi connectivity index (χ1v) is 7.11. The Morgan fingerprint density at radius 1 is 1.11 bits per heavy atom. The Labute approximate surface area is 118 Å². The fraction of sp³-hybridized carbons (Fsp3) is 0.571. The van der Waals surface area contributed by atoms with E-state index in [-0.39, 0.29) is 18.3 Å². The zero-order chi connectivity index (χ0) is 13.6. The molecule has 0 N–H and O–H groups in total. The quantitative estimate of drug-likeness (QED) is 0.771. The Hall–Kier alpha value is -0.315. The van der Waals surface area contributed by atoms with Gasteiger partial charge in [-0.05, 0) is 51.8 Å². The summed E-state index contributed by atoms with van der Waals surface area (Å²) in [5.74, 6) is 0. The van der Waals surface area contributed by atoms with Crippen LogP contribution in [0.5, 0.6) is 0 Å². The van der Waals surface area contributed by atoms with Crippen molar-refractivity contribution in [1.29, 1.82) is 0 Å². The molecule has 0 bridgehead atoms. The van der Waals surface area contributed by atoms with E-state index < -0.39 is 0 Å². The van der Waals surface area contributed by atoms with Gasteiger partial charge < -0.3 is 9.31 Å². The lowest BCUT2D eigenvalue weighted by molar-refractivity contribution is 0.00578. The summed E-state index contributed by atoms with van der Waals surface area (Å²) in [6.07, 6.45) is 0.793. The van der Waals surface area contributed by atoms with Crippen LogP contribution in [0.15, 0.2) is 22.7 Å². The van der Waals surface area contributed by atoms with Crippen LogP contribution in [-0.2, 0) is 15.6 Å². The van der Waals surface area contributed by atoms with E-state index in [4.69, 9.17) is 9.31 Å². The fourth-order valence-electron chi connectivity index (χ4n) is 2.07. The molecule has 18 heavy (non-hydrogen) atoms.